The lowest BCUT2D eigenvalue weighted by molar-refractivity contribution is -0.161. The van der Waals surface area contributed by atoms with E-state index in [1.54, 1.807) is 0 Å². The molecule has 0 spiro atoms. The Hall–Kier alpha value is -2.81. The second kappa shape index (κ2) is 78.2. The van der Waals surface area contributed by atoms with Gasteiger partial charge in [-0.3, -0.25) is 18.6 Å². The van der Waals surface area contributed by atoms with Crippen molar-refractivity contribution in [1.82, 2.24) is 0 Å². The van der Waals surface area contributed by atoms with Crippen molar-refractivity contribution in [1.29, 1.82) is 0 Å². The van der Waals surface area contributed by atoms with E-state index in [-0.39, 0.29) is 38.6 Å². The fourth-order valence-electron chi connectivity index (χ4n) is 11.9. The van der Waals surface area contributed by atoms with Gasteiger partial charge in [0.25, 0.3) is 0 Å². The molecule has 0 saturated heterocycles. The summed E-state index contributed by atoms with van der Waals surface area (Å²) in [5, 5.41) is 0. The van der Waals surface area contributed by atoms with Crippen molar-refractivity contribution in [3.63, 3.8) is 0 Å². The predicted molar refractivity (Wildman–Crippen MR) is 404 cm³/mol. The van der Waals surface area contributed by atoms with E-state index in [4.69, 9.17) is 24.3 Å². The number of carbonyl (C=O) groups is 2. The van der Waals surface area contributed by atoms with Crippen LogP contribution in [0, 0.1) is 0 Å². The summed E-state index contributed by atoms with van der Waals surface area (Å²) in [5.41, 5.74) is 5.42. The maximum atomic E-state index is 12.8. The third-order valence-corrected chi connectivity index (χ3v) is 18.7. The molecule has 93 heavy (non-hydrogen) atoms. The van der Waals surface area contributed by atoms with Crippen LogP contribution in [0.4, 0.5) is 0 Å². The Morgan fingerprint density at radius 3 is 0.882 bits per heavy atom. The highest BCUT2D eigenvalue weighted by Gasteiger charge is 2.26. The lowest BCUT2D eigenvalue weighted by Gasteiger charge is -2.19. The van der Waals surface area contributed by atoms with Crippen molar-refractivity contribution in [3.8, 4) is 0 Å². The fourth-order valence-corrected chi connectivity index (χ4v) is 12.6. The van der Waals surface area contributed by atoms with Crippen molar-refractivity contribution < 1.29 is 37.6 Å². The Balaban J connectivity index is 3.75. The Kier molecular flexibility index (Phi) is 75.8. The van der Waals surface area contributed by atoms with Crippen molar-refractivity contribution in [2.75, 3.05) is 26.4 Å². The number of unbranched alkanes of at least 4 members (excludes halogenated alkanes) is 49. The van der Waals surface area contributed by atoms with E-state index in [2.05, 4.69) is 98.9 Å². The molecule has 542 valence electrons. The molecule has 2 atom stereocenters. The van der Waals surface area contributed by atoms with Gasteiger partial charge in [-0.25, -0.2) is 4.57 Å². The first-order valence-corrected chi connectivity index (χ1v) is 41.6. The van der Waals surface area contributed by atoms with Crippen LogP contribution in [0.5, 0.6) is 0 Å². The second-order valence-corrected chi connectivity index (χ2v) is 28.4. The van der Waals surface area contributed by atoms with Crippen LogP contribution in [0.25, 0.3) is 0 Å². The molecule has 0 saturated carbocycles. The molecule has 0 aliphatic heterocycles. The van der Waals surface area contributed by atoms with E-state index >= 15 is 0 Å². The Bertz CT molecular complexity index is 1810. The van der Waals surface area contributed by atoms with Gasteiger partial charge in [0.2, 0.25) is 0 Å². The molecule has 0 aliphatic carbocycles. The number of rotatable bonds is 76. The summed E-state index contributed by atoms with van der Waals surface area (Å²) in [6.07, 6.45) is 106. The van der Waals surface area contributed by atoms with Crippen molar-refractivity contribution in [3.05, 3.63) is 85.1 Å². The number of hydrogen-bond acceptors (Lipinski definition) is 8. The quantitative estimate of drug-likeness (QED) is 0.0264. The van der Waals surface area contributed by atoms with Gasteiger partial charge < -0.3 is 20.1 Å². The Morgan fingerprint density at radius 1 is 0.333 bits per heavy atom. The monoisotopic (exact) mass is 1320 g/mol. The van der Waals surface area contributed by atoms with Crippen LogP contribution in [0.2, 0.25) is 0 Å². The van der Waals surface area contributed by atoms with Gasteiger partial charge in [-0.15, -0.1) is 0 Å². The van der Waals surface area contributed by atoms with E-state index in [0.717, 1.165) is 70.6 Å². The molecule has 10 heteroatoms. The van der Waals surface area contributed by atoms with Crippen molar-refractivity contribution in [2.24, 2.45) is 5.73 Å². The summed E-state index contributed by atoms with van der Waals surface area (Å²) >= 11 is 0. The van der Waals surface area contributed by atoms with E-state index < -0.39 is 26.5 Å². The van der Waals surface area contributed by atoms with Crippen molar-refractivity contribution in [2.45, 2.75) is 405 Å². The number of carbonyl (C=O) groups excluding carboxylic acids is 2. The van der Waals surface area contributed by atoms with Gasteiger partial charge in [0.1, 0.15) is 6.61 Å². The fraction of sp³-hybridized carbons (Fsp3) is 0.807. The first-order valence-electron chi connectivity index (χ1n) is 40.1. The maximum absolute atomic E-state index is 12.8. The molecule has 0 heterocycles. The molecular weight excluding hydrogens is 1170 g/mol. The minimum atomic E-state index is -4.40. The van der Waals surface area contributed by atoms with Gasteiger partial charge in [-0.1, -0.05) is 381 Å². The second-order valence-electron chi connectivity index (χ2n) is 26.9. The predicted octanol–water partition coefficient (Wildman–Crippen LogP) is 26.9. The molecular formula is C83H152NO8P. The SMILES string of the molecule is CC/C=C\C/C=C\C/C=C\C/C=C\CCCCCCCCCCCCCCCCCCCCC(=O)OC(COC(=O)CCCCCCCCCCCCCCCCCCCCCCCCCCCC/C=C\C/C=C\C/C=C\CCCCCCC)COP(=O)(O)OCCN. The zero-order chi connectivity index (χ0) is 67.2. The molecule has 9 nitrogen and oxygen atoms in total. The molecule has 0 aliphatic rings. The van der Waals surface area contributed by atoms with Gasteiger partial charge >= 0.3 is 19.8 Å². The normalized spacial score (nSPS) is 13.3. The summed E-state index contributed by atoms with van der Waals surface area (Å²) in [7, 11) is -4.40. The van der Waals surface area contributed by atoms with Crippen LogP contribution in [-0.2, 0) is 32.7 Å². The van der Waals surface area contributed by atoms with E-state index in [1.807, 2.05) is 0 Å². The largest absolute Gasteiger partial charge is 0.472 e. The van der Waals surface area contributed by atoms with E-state index in [1.165, 1.54) is 295 Å². The lowest BCUT2D eigenvalue weighted by atomic mass is 10.0. The van der Waals surface area contributed by atoms with Crippen molar-refractivity contribution >= 4 is 19.8 Å². The molecule has 3 N–H and O–H groups in total. The summed E-state index contributed by atoms with van der Waals surface area (Å²) in [4.78, 5) is 35.5. The van der Waals surface area contributed by atoms with Gasteiger partial charge in [-0.2, -0.15) is 0 Å². The molecule has 0 aromatic carbocycles. The smallest absolute Gasteiger partial charge is 0.462 e. The third-order valence-electron chi connectivity index (χ3n) is 17.8. The van der Waals surface area contributed by atoms with Gasteiger partial charge in [0.15, 0.2) is 6.10 Å². The van der Waals surface area contributed by atoms with Crippen LogP contribution in [0.1, 0.15) is 399 Å². The van der Waals surface area contributed by atoms with Crippen LogP contribution in [0.15, 0.2) is 85.1 Å². The number of ether oxygens (including phenoxy) is 2. The molecule has 2 unspecified atom stereocenters. The number of esters is 2. The summed E-state index contributed by atoms with van der Waals surface area (Å²) < 4.78 is 33.3. The zero-order valence-electron chi connectivity index (χ0n) is 61.2. The highest BCUT2D eigenvalue weighted by molar-refractivity contribution is 7.47. The number of allylic oxidation sites excluding steroid dienone is 14. The Labute approximate surface area is 576 Å². The van der Waals surface area contributed by atoms with Crippen LogP contribution >= 0.6 is 7.82 Å². The first kappa shape index (κ1) is 90.2. The first-order chi connectivity index (χ1) is 45.8. The minimum Gasteiger partial charge on any atom is -0.462 e. The number of phosphoric acid groups is 1. The number of phosphoric ester groups is 1. The minimum absolute atomic E-state index is 0.0540. The van der Waals surface area contributed by atoms with Crippen LogP contribution in [0.3, 0.4) is 0 Å². The molecule has 0 aromatic rings. The van der Waals surface area contributed by atoms with Crippen LogP contribution in [-0.4, -0.2) is 49.3 Å². The average molecular weight is 1320 g/mol. The lowest BCUT2D eigenvalue weighted by Crippen LogP contribution is -2.29. The third kappa shape index (κ3) is 78.1. The van der Waals surface area contributed by atoms with E-state index in [9.17, 15) is 19.0 Å². The molecule has 0 rings (SSSR count). The maximum Gasteiger partial charge on any atom is 0.472 e. The zero-order valence-corrected chi connectivity index (χ0v) is 62.1. The molecule has 0 bridgehead atoms. The highest BCUT2D eigenvalue weighted by atomic mass is 31.2. The summed E-state index contributed by atoms with van der Waals surface area (Å²) in [6.45, 7) is 3.68. The molecule has 0 radical (unpaired) electrons. The summed E-state index contributed by atoms with van der Waals surface area (Å²) in [6, 6.07) is 0. The highest BCUT2D eigenvalue weighted by Crippen LogP contribution is 2.43. The summed E-state index contributed by atoms with van der Waals surface area (Å²) in [5.74, 6) is -0.808. The molecule has 0 fully saturated rings. The van der Waals surface area contributed by atoms with Gasteiger partial charge in [0, 0.05) is 19.4 Å². The Morgan fingerprint density at radius 2 is 0.591 bits per heavy atom. The van der Waals surface area contributed by atoms with Gasteiger partial charge in [0.05, 0.1) is 13.2 Å². The topological polar surface area (TPSA) is 134 Å². The number of nitrogens with two attached hydrogens (primary N) is 1. The van der Waals surface area contributed by atoms with E-state index in [0.29, 0.717) is 6.42 Å². The number of hydrogen-bond donors (Lipinski definition) is 2. The average Bonchev–Trinajstić information content (AvgIpc) is 3.70. The van der Waals surface area contributed by atoms with Crippen LogP contribution < -0.4 is 5.73 Å². The van der Waals surface area contributed by atoms with Gasteiger partial charge in [-0.05, 0) is 89.9 Å². The molecule has 0 amide bonds. The molecule has 0 aromatic heterocycles. The standard InChI is InChI=1S/C83H152NO8P/c1-3-5-7-9-11-13-15-17-19-21-23-25-27-29-31-33-35-36-37-38-39-40-41-42-43-44-46-47-49-51-53-55-57-59-61-63-65-67-69-71-73-75-82(85)89-79-81(80-91-93(87,88)90-78-77-84)92-83(86)76-74-72-70-68-66-64-62-60-58-56-54-52-50-48-45-34-32-30-28-26-24-22-20-18-16-14-12-10-8-6-4-2/h6,8,12,14-15,17-18,20-21,23-24,26-27,29,81H,3-5,7,9-11,13,16,19,22,25,28,30-80,84H2,1-2H3,(H,87,88)/b8-6-,14-12-,17-15-,20-18-,23-21-,26-24-,29-27-.